The van der Waals surface area contributed by atoms with E-state index >= 15 is 0 Å². The number of aromatic amines is 1. The number of benzene rings is 3. The first-order valence-electron chi connectivity index (χ1n) is 10.1. The number of nitrogens with zero attached hydrogens (tertiary/aromatic N) is 3. The molecule has 5 rings (SSSR count). The number of nitrogens with one attached hydrogen (secondary N) is 1. The van der Waals surface area contributed by atoms with Gasteiger partial charge in [-0.1, -0.05) is 41.9 Å². The van der Waals surface area contributed by atoms with Crippen molar-refractivity contribution in [2.24, 2.45) is 0 Å². The molecule has 0 fully saturated rings. The van der Waals surface area contributed by atoms with Gasteiger partial charge in [0.25, 0.3) is 0 Å². The highest BCUT2D eigenvalue weighted by Gasteiger charge is 2.15. The summed E-state index contributed by atoms with van der Waals surface area (Å²) in [6.45, 7) is 2.73. The van der Waals surface area contributed by atoms with Gasteiger partial charge in [0.05, 0.1) is 16.6 Å². The molecular formula is C26H18ClFN4. The van der Waals surface area contributed by atoms with Gasteiger partial charge >= 0.3 is 0 Å². The van der Waals surface area contributed by atoms with Gasteiger partial charge in [0.15, 0.2) is 0 Å². The molecule has 0 amide bonds. The Balaban J connectivity index is 1.64. The number of hydrogen-bond donors (Lipinski definition) is 1. The Hall–Kier alpha value is -3.88. The van der Waals surface area contributed by atoms with Gasteiger partial charge in [0.2, 0.25) is 0 Å². The Morgan fingerprint density at radius 2 is 1.94 bits per heavy atom. The highest BCUT2D eigenvalue weighted by molar-refractivity contribution is 6.30. The van der Waals surface area contributed by atoms with Crippen LogP contribution in [0.5, 0.6) is 0 Å². The van der Waals surface area contributed by atoms with Crippen LogP contribution < -0.4 is 0 Å². The van der Waals surface area contributed by atoms with Crippen LogP contribution in [0.1, 0.15) is 22.6 Å². The van der Waals surface area contributed by atoms with Crippen molar-refractivity contribution in [1.29, 1.82) is 5.26 Å². The summed E-state index contributed by atoms with van der Waals surface area (Å²) >= 11 is 6.04. The van der Waals surface area contributed by atoms with Gasteiger partial charge < -0.3 is 9.55 Å². The molecule has 0 aliphatic carbocycles. The van der Waals surface area contributed by atoms with E-state index in [0.29, 0.717) is 34.0 Å². The molecule has 1 N–H and O–H groups in total. The molecule has 0 unspecified atom stereocenters. The molecule has 0 bridgehead atoms. The number of fused-ring (bicyclic) bond motifs is 2. The van der Waals surface area contributed by atoms with Gasteiger partial charge in [-0.25, -0.2) is 9.37 Å². The normalized spacial score (nSPS) is 11.9. The molecule has 0 saturated heterocycles. The Morgan fingerprint density at radius 1 is 1.16 bits per heavy atom. The van der Waals surface area contributed by atoms with E-state index < -0.39 is 0 Å². The zero-order valence-corrected chi connectivity index (χ0v) is 18.0. The summed E-state index contributed by atoms with van der Waals surface area (Å²) in [6, 6.07) is 22.5. The first kappa shape index (κ1) is 20.0. The maximum absolute atomic E-state index is 13.6. The SMILES string of the molecule is Cc1c(/C=C(/C#N)c2nc3ccc(F)cc3[nH]2)c2ccccc2n1Cc1ccc(Cl)cc1. The van der Waals surface area contributed by atoms with Crippen LogP contribution in [0.2, 0.25) is 5.02 Å². The van der Waals surface area contributed by atoms with Crippen LogP contribution in [0.25, 0.3) is 33.6 Å². The quantitative estimate of drug-likeness (QED) is 0.315. The molecule has 3 aromatic carbocycles. The Labute approximate surface area is 189 Å². The molecule has 0 aliphatic rings. The largest absolute Gasteiger partial charge is 0.340 e. The van der Waals surface area contributed by atoms with Crippen molar-refractivity contribution < 1.29 is 4.39 Å². The lowest BCUT2D eigenvalue weighted by Gasteiger charge is -2.09. The first-order chi connectivity index (χ1) is 15.5. The number of aromatic nitrogens is 3. The number of nitriles is 1. The Bertz CT molecular complexity index is 1530. The number of para-hydroxylation sites is 1. The van der Waals surface area contributed by atoms with Crippen molar-refractivity contribution >= 4 is 45.2 Å². The van der Waals surface area contributed by atoms with Crippen LogP contribution in [0, 0.1) is 24.1 Å². The maximum atomic E-state index is 13.6. The van der Waals surface area contributed by atoms with Gasteiger partial charge in [0, 0.05) is 33.7 Å². The molecule has 2 heterocycles. The van der Waals surface area contributed by atoms with E-state index in [2.05, 4.69) is 32.7 Å². The number of H-pyrrole nitrogens is 1. The van der Waals surface area contributed by atoms with Gasteiger partial charge in [-0.2, -0.15) is 5.26 Å². The van der Waals surface area contributed by atoms with Crippen LogP contribution in [-0.2, 0) is 6.54 Å². The summed E-state index contributed by atoms with van der Waals surface area (Å²) in [5.74, 6) is 0.0679. The van der Waals surface area contributed by atoms with Crippen molar-refractivity contribution in [3.63, 3.8) is 0 Å². The molecular weight excluding hydrogens is 423 g/mol. The second-order valence-electron chi connectivity index (χ2n) is 7.65. The number of hydrogen-bond acceptors (Lipinski definition) is 2. The molecule has 156 valence electrons. The smallest absolute Gasteiger partial charge is 0.149 e. The average molecular weight is 441 g/mol. The van der Waals surface area contributed by atoms with Crippen LogP contribution in [0.15, 0.2) is 66.7 Å². The summed E-state index contributed by atoms with van der Waals surface area (Å²) in [5.41, 5.74) is 5.77. The molecule has 4 nitrogen and oxygen atoms in total. The zero-order valence-electron chi connectivity index (χ0n) is 17.2. The summed E-state index contributed by atoms with van der Waals surface area (Å²) in [7, 11) is 0. The minimum atomic E-state index is -0.351. The number of allylic oxidation sites excluding steroid dienone is 1. The topological polar surface area (TPSA) is 57.4 Å². The fourth-order valence-corrected chi connectivity index (χ4v) is 4.15. The minimum Gasteiger partial charge on any atom is -0.340 e. The molecule has 0 spiro atoms. The van der Waals surface area contributed by atoms with Crippen molar-refractivity contribution in [2.45, 2.75) is 13.5 Å². The first-order valence-corrected chi connectivity index (χ1v) is 10.5. The van der Waals surface area contributed by atoms with E-state index in [0.717, 1.165) is 27.7 Å². The summed E-state index contributed by atoms with van der Waals surface area (Å²) in [6.07, 6.45) is 1.85. The highest BCUT2D eigenvalue weighted by Crippen LogP contribution is 2.30. The maximum Gasteiger partial charge on any atom is 0.149 e. The number of halogens is 2. The fourth-order valence-electron chi connectivity index (χ4n) is 4.02. The van der Waals surface area contributed by atoms with Crippen molar-refractivity contribution in [3.8, 4) is 6.07 Å². The van der Waals surface area contributed by atoms with Gasteiger partial charge in [-0.15, -0.1) is 0 Å². The van der Waals surface area contributed by atoms with Crippen molar-refractivity contribution in [2.75, 3.05) is 0 Å². The minimum absolute atomic E-state index is 0.351. The van der Waals surface area contributed by atoms with E-state index in [-0.39, 0.29) is 5.82 Å². The Kier molecular flexibility index (Phi) is 5.01. The van der Waals surface area contributed by atoms with Gasteiger partial charge in [0.1, 0.15) is 17.7 Å². The third kappa shape index (κ3) is 3.55. The molecule has 0 radical (unpaired) electrons. The molecule has 2 aromatic heterocycles. The third-order valence-electron chi connectivity index (χ3n) is 5.64. The zero-order chi connectivity index (χ0) is 22.2. The second-order valence-corrected chi connectivity index (χ2v) is 8.08. The van der Waals surface area contributed by atoms with Crippen LogP contribution in [-0.4, -0.2) is 14.5 Å². The summed E-state index contributed by atoms with van der Waals surface area (Å²) in [5, 5.41) is 11.6. The Morgan fingerprint density at radius 3 is 2.72 bits per heavy atom. The van der Waals surface area contributed by atoms with Gasteiger partial charge in [-0.05, 0) is 55.0 Å². The molecule has 32 heavy (non-hydrogen) atoms. The molecule has 0 aliphatic heterocycles. The lowest BCUT2D eigenvalue weighted by molar-refractivity contribution is 0.629. The average Bonchev–Trinajstić information content (AvgIpc) is 3.32. The molecule has 0 saturated carbocycles. The van der Waals surface area contributed by atoms with E-state index in [1.165, 1.54) is 12.1 Å². The summed E-state index contributed by atoms with van der Waals surface area (Å²) < 4.78 is 15.8. The second kappa shape index (κ2) is 7.99. The predicted octanol–water partition coefficient (Wildman–Crippen LogP) is 6.73. The number of rotatable bonds is 4. The van der Waals surface area contributed by atoms with Crippen LogP contribution >= 0.6 is 11.6 Å². The molecule has 5 aromatic rings. The highest BCUT2D eigenvalue weighted by atomic mass is 35.5. The third-order valence-corrected chi connectivity index (χ3v) is 5.89. The lowest BCUT2D eigenvalue weighted by atomic mass is 10.1. The van der Waals surface area contributed by atoms with Crippen molar-refractivity contribution in [1.82, 2.24) is 14.5 Å². The molecule has 6 heteroatoms. The van der Waals surface area contributed by atoms with Gasteiger partial charge in [-0.3, -0.25) is 0 Å². The van der Waals surface area contributed by atoms with Crippen LogP contribution in [0.4, 0.5) is 4.39 Å². The van der Waals surface area contributed by atoms with Crippen molar-refractivity contribution in [3.05, 3.63) is 100 Å². The monoisotopic (exact) mass is 440 g/mol. The number of imidazole rings is 1. The summed E-state index contributed by atoms with van der Waals surface area (Å²) in [4.78, 5) is 7.55. The predicted molar refractivity (Wildman–Crippen MR) is 127 cm³/mol. The fraction of sp³-hybridized carbons (Fsp3) is 0.0769. The standard InChI is InChI=1S/C26H18ClFN4/c1-16-22(12-18(14-29)26-30-23-11-10-20(28)13-24(23)31-26)21-4-2-3-5-25(21)32(16)15-17-6-8-19(27)9-7-17/h2-13H,15H2,1H3,(H,30,31)/b18-12-. The van der Waals surface area contributed by atoms with E-state index in [1.807, 2.05) is 49.4 Å². The van der Waals surface area contributed by atoms with E-state index in [4.69, 9.17) is 11.6 Å². The lowest BCUT2D eigenvalue weighted by Crippen LogP contribution is -2.01. The molecule has 0 atom stereocenters. The van der Waals surface area contributed by atoms with E-state index in [9.17, 15) is 9.65 Å². The van der Waals surface area contributed by atoms with Crippen LogP contribution in [0.3, 0.4) is 0 Å². The van der Waals surface area contributed by atoms with E-state index in [1.54, 1.807) is 6.07 Å².